The Labute approximate surface area is 156 Å². The third-order valence-corrected chi connectivity index (χ3v) is 5.31. The number of imidazole rings is 1. The number of carbonyl (C=O) groups is 2. The van der Waals surface area contributed by atoms with Gasteiger partial charge in [0.2, 0.25) is 5.91 Å². The zero-order valence-electron chi connectivity index (χ0n) is 14.8. The highest BCUT2D eigenvalue weighted by Crippen LogP contribution is 2.30. The second-order valence-corrected chi connectivity index (χ2v) is 7.03. The molecule has 1 saturated carbocycles. The van der Waals surface area contributed by atoms with Crippen LogP contribution in [-0.2, 0) is 9.59 Å². The molecule has 0 aliphatic heterocycles. The van der Waals surface area contributed by atoms with Gasteiger partial charge in [-0.2, -0.15) is 0 Å². The van der Waals surface area contributed by atoms with Crippen LogP contribution < -0.4 is 5.32 Å². The minimum absolute atomic E-state index is 0.0281. The van der Waals surface area contributed by atoms with Crippen LogP contribution >= 0.6 is 0 Å². The predicted octanol–water partition coefficient (Wildman–Crippen LogP) is 3.86. The summed E-state index contributed by atoms with van der Waals surface area (Å²) in [4.78, 5) is 27.9. The number of hydrogen-bond donors (Lipinski definition) is 2. The van der Waals surface area contributed by atoms with Crippen molar-refractivity contribution in [2.24, 2.45) is 11.8 Å². The Morgan fingerprint density at radius 2 is 1.63 bits per heavy atom. The zero-order valence-corrected chi connectivity index (χ0v) is 14.8. The summed E-state index contributed by atoms with van der Waals surface area (Å²) in [7, 11) is 0. The van der Waals surface area contributed by atoms with Gasteiger partial charge in [0.05, 0.1) is 17.0 Å². The van der Waals surface area contributed by atoms with E-state index in [2.05, 4.69) is 10.3 Å². The summed E-state index contributed by atoms with van der Waals surface area (Å²) in [6.45, 7) is 0. The number of benzene rings is 2. The molecule has 2 aromatic carbocycles. The number of nitrogens with one attached hydrogen (secondary N) is 1. The van der Waals surface area contributed by atoms with Crippen molar-refractivity contribution in [2.45, 2.75) is 25.7 Å². The molecular weight excluding hydrogens is 342 g/mol. The third kappa shape index (κ3) is 3.56. The number of carboxylic acid groups (broad SMARTS) is 1. The molecule has 0 spiro atoms. The lowest BCUT2D eigenvalue weighted by Gasteiger charge is -2.25. The first-order valence-corrected chi connectivity index (χ1v) is 9.18. The Bertz CT molecular complexity index is 970. The third-order valence-electron chi connectivity index (χ3n) is 5.31. The standard InChI is InChI=1S/C21H21N3O3/c25-20(14-5-7-15(8-6-14)21(26)27)23-16-9-11-17(12-10-16)24-13-22-18-3-1-2-4-19(18)24/h1-4,9-15H,5-8H2,(H,23,25)(H,26,27). The molecule has 1 heterocycles. The number of amides is 1. The van der Waals surface area contributed by atoms with Crippen molar-refractivity contribution < 1.29 is 14.7 Å². The summed E-state index contributed by atoms with van der Waals surface area (Å²) in [6, 6.07) is 15.6. The van der Waals surface area contributed by atoms with Crippen LogP contribution in [0, 0.1) is 11.8 Å². The Morgan fingerprint density at radius 1 is 0.963 bits per heavy atom. The number of aliphatic carboxylic acids is 1. The maximum atomic E-state index is 12.5. The van der Waals surface area contributed by atoms with Crippen molar-refractivity contribution in [1.82, 2.24) is 9.55 Å². The molecule has 1 fully saturated rings. The minimum atomic E-state index is -0.753. The Hall–Kier alpha value is -3.15. The van der Waals surface area contributed by atoms with E-state index in [9.17, 15) is 9.59 Å². The maximum Gasteiger partial charge on any atom is 0.306 e. The number of hydrogen-bond acceptors (Lipinski definition) is 3. The average molecular weight is 363 g/mol. The summed E-state index contributed by atoms with van der Waals surface area (Å²) in [6.07, 6.45) is 4.18. The largest absolute Gasteiger partial charge is 0.481 e. The van der Waals surface area contributed by atoms with Gasteiger partial charge >= 0.3 is 5.97 Å². The Kier molecular flexibility index (Phi) is 4.62. The fourth-order valence-corrected chi connectivity index (χ4v) is 3.72. The van der Waals surface area contributed by atoms with E-state index >= 15 is 0 Å². The molecule has 1 aliphatic carbocycles. The molecule has 27 heavy (non-hydrogen) atoms. The van der Waals surface area contributed by atoms with E-state index in [0.717, 1.165) is 22.4 Å². The first-order valence-electron chi connectivity index (χ1n) is 9.18. The smallest absolute Gasteiger partial charge is 0.306 e. The van der Waals surface area contributed by atoms with Crippen LogP contribution in [0.15, 0.2) is 54.9 Å². The van der Waals surface area contributed by atoms with Crippen molar-refractivity contribution >= 4 is 28.6 Å². The summed E-state index contributed by atoms with van der Waals surface area (Å²) in [5.74, 6) is -1.20. The monoisotopic (exact) mass is 363 g/mol. The van der Waals surface area contributed by atoms with Gasteiger partial charge in [-0.15, -0.1) is 0 Å². The maximum absolute atomic E-state index is 12.5. The Morgan fingerprint density at radius 3 is 2.33 bits per heavy atom. The van der Waals surface area contributed by atoms with E-state index in [4.69, 9.17) is 5.11 Å². The molecule has 0 radical (unpaired) electrons. The van der Waals surface area contributed by atoms with E-state index < -0.39 is 5.97 Å². The van der Waals surface area contributed by atoms with Crippen LogP contribution in [0.1, 0.15) is 25.7 Å². The van der Waals surface area contributed by atoms with Gasteiger partial charge in [0.1, 0.15) is 6.33 Å². The van der Waals surface area contributed by atoms with E-state index in [1.165, 1.54) is 0 Å². The van der Waals surface area contributed by atoms with Gasteiger partial charge in [-0.1, -0.05) is 12.1 Å². The molecular formula is C21H21N3O3. The number of carbonyl (C=O) groups excluding carboxylic acids is 1. The fraction of sp³-hybridized carbons (Fsp3) is 0.286. The van der Waals surface area contributed by atoms with Crippen LogP contribution in [0.5, 0.6) is 0 Å². The number of fused-ring (bicyclic) bond motifs is 1. The molecule has 0 unspecified atom stereocenters. The number of nitrogens with zero attached hydrogens (tertiary/aromatic N) is 2. The minimum Gasteiger partial charge on any atom is -0.481 e. The molecule has 4 rings (SSSR count). The van der Waals surface area contributed by atoms with Gasteiger partial charge in [0.15, 0.2) is 0 Å². The second-order valence-electron chi connectivity index (χ2n) is 7.03. The number of para-hydroxylation sites is 2. The van der Waals surface area contributed by atoms with Crippen molar-refractivity contribution in [3.05, 3.63) is 54.9 Å². The number of rotatable bonds is 4. The molecule has 1 aromatic heterocycles. The lowest BCUT2D eigenvalue weighted by atomic mass is 9.81. The van der Waals surface area contributed by atoms with Crippen LogP contribution in [0.25, 0.3) is 16.7 Å². The quantitative estimate of drug-likeness (QED) is 0.737. The Balaban J connectivity index is 1.42. The summed E-state index contributed by atoms with van der Waals surface area (Å²) in [5.41, 5.74) is 3.69. The van der Waals surface area contributed by atoms with E-state index in [1.807, 2.05) is 53.1 Å². The van der Waals surface area contributed by atoms with Crippen molar-refractivity contribution in [3.63, 3.8) is 0 Å². The lowest BCUT2D eigenvalue weighted by molar-refractivity contribution is -0.143. The normalized spacial score (nSPS) is 19.7. The van der Waals surface area contributed by atoms with Gasteiger partial charge in [0.25, 0.3) is 0 Å². The van der Waals surface area contributed by atoms with Crippen LogP contribution in [0.2, 0.25) is 0 Å². The number of aromatic nitrogens is 2. The average Bonchev–Trinajstić information content (AvgIpc) is 3.13. The molecule has 2 N–H and O–H groups in total. The lowest BCUT2D eigenvalue weighted by Crippen LogP contribution is -2.29. The first-order chi connectivity index (χ1) is 13.1. The van der Waals surface area contributed by atoms with Crippen molar-refractivity contribution in [3.8, 4) is 5.69 Å². The topological polar surface area (TPSA) is 84.2 Å². The summed E-state index contributed by atoms with van der Waals surface area (Å²) < 4.78 is 2.01. The van der Waals surface area contributed by atoms with E-state index in [0.29, 0.717) is 25.7 Å². The second kappa shape index (κ2) is 7.23. The fourth-order valence-electron chi connectivity index (χ4n) is 3.72. The first kappa shape index (κ1) is 17.3. The molecule has 1 aliphatic rings. The molecule has 0 bridgehead atoms. The molecule has 0 atom stereocenters. The van der Waals surface area contributed by atoms with E-state index in [-0.39, 0.29) is 17.7 Å². The van der Waals surface area contributed by atoms with Gasteiger partial charge < -0.3 is 10.4 Å². The van der Waals surface area contributed by atoms with E-state index in [1.54, 1.807) is 6.33 Å². The van der Waals surface area contributed by atoms with Crippen LogP contribution in [0.4, 0.5) is 5.69 Å². The molecule has 138 valence electrons. The van der Waals surface area contributed by atoms with Crippen molar-refractivity contribution in [1.29, 1.82) is 0 Å². The van der Waals surface area contributed by atoms with Gasteiger partial charge in [-0.25, -0.2) is 4.98 Å². The highest BCUT2D eigenvalue weighted by molar-refractivity contribution is 5.92. The number of carboxylic acids is 1. The highest BCUT2D eigenvalue weighted by atomic mass is 16.4. The molecule has 6 heteroatoms. The van der Waals surface area contributed by atoms with Gasteiger partial charge in [0, 0.05) is 17.3 Å². The van der Waals surface area contributed by atoms with Crippen LogP contribution in [0.3, 0.4) is 0 Å². The molecule has 3 aromatic rings. The molecule has 1 amide bonds. The SMILES string of the molecule is O=C(O)C1CCC(C(=O)Nc2ccc(-n3cnc4ccccc43)cc2)CC1. The van der Waals surface area contributed by atoms with Gasteiger partial charge in [-0.05, 0) is 62.1 Å². The highest BCUT2D eigenvalue weighted by Gasteiger charge is 2.29. The number of anilines is 1. The van der Waals surface area contributed by atoms with Crippen molar-refractivity contribution in [2.75, 3.05) is 5.32 Å². The predicted molar refractivity (Wildman–Crippen MR) is 103 cm³/mol. The summed E-state index contributed by atoms with van der Waals surface area (Å²) >= 11 is 0. The molecule has 6 nitrogen and oxygen atoms in total. The van der Waals surface area contributed by atoms with Gasteiger partial charge in [-0.3, -0.25) is 14.2 Å². The summed E-state index contributed by atoms with van der Waals surface area (Å²) in [5, 5.41) is 12.0. The van der Waals surface area contributed by atoms with Crippen LogP contribution in [-0.4, -0.2) is 26.5 Å². The zero-order chi connectivity index (χ0) is 18.8. The molecule has 0 saturated heterocycles.